The number of esters is 1. The minimum atomic E-state index is -1.98. The van der Waals surface area contributed by atoms with E-state index in [-0.39, 0.29) is 56.5 Å². The lowest BCUT2D eigenvalue weighted by Crippen LogP contribution is -2.57. The fourth-order valence-corrected chi connectivity index (χ4v) is 16.1. The highest BCUT2D eigenvalue weighted by atomic mass is 19.1. The third-order valence-electron chi connectivity index (χ3n) is 22.6. The zero-order valence-corrected chi connectivity index (χ0v) is 82.0. The lowest BCUT2D eigenvalue weighted by atomic mass is 9.76. The number of aryl methyl sites for hydroxylation is 4. The molecule has 11 atom stereocenters. The third kappa shape index (κ3) is 38.1. The van der Waals surface area contributed by atoms with Gasteiger partial charge in [-0.05, 0) is 237 Å². The summed E-state index contributed by atoms with van der Waals surface area (Å²) in [6, 6.07) is 30.1. The first-order valence-electron chi connectivity index (χ1n) is 46.3. The first-order chi connectivity index (χ1) is 62.3. The molecule has 0 bridgehead atoms. The van der Waals surface area contributed by atoms with Crippen molar-refractivity contribution in [3.8, 4) is 34.1 Å². The standard InChI is InChI=1S/C105H146FN7O20/c1-22-24-27-49-128-78-42-43-79(70(23-2)54-78)71-35-33-68(34-36-71)53-74(98(123)110-84(32-28-29-69-51-64(3)50-65(4)52-69)88(116)58-81(80-44-41-77(126-20)57-91(80)127-21)72-37-39-76(40-38-72)129-63-93(109)120)55-87(115)85(59-95(122)133-104(16,17)18)111-99(124)75(62-130-101(7,8)9)56-89(117)96(66(5)131-102(10,11)12)113-100(125)105(19,60-73-30-25-26-31-82(73)106)61-90(118)97(67(6)132-103(13,14)15)112-94(121)48-46-86(114)83(107)45-47-92(108)119/h25-26,30-31,33-44,50-52,54,57,66-67,74-75,81,83-85,96-97H,22-24,27-29,32,45-49,53,55-56,58-63,107H2,1-21H3,(H2,108,119)(H2,109,120)(H,110,123)(H,111,124)(H,112,121)(H,113,125)/t66-,67-,74-,75+,81?,83+,84+,85+,96+,97+,105-/m1/s1. The van der Waals surface area contributed by atoms with Crippen LogP contribution in [-0.4, -0.2) is 169 Å². The van der Waals surface area contributed by atoms with Crippen LogP contribution in [0.25, 0.3) is 11.1 Å². The molecule has 28 heteroatoms. The van der Waals surface area contributed by atoms with Crippen LogP contribution in [0.4, 0.5) is 4.39 Å². The fraction of sp³-hybridized carbons (Fsp3) is 0.543. The van der Waals surface area contributed by atoms with Crippen LogP contribution < -0.4 is 57.4 Å². The molecule has 0 spiro atoms. The van der Waals surface area contributed by atoms with Crippen molar-refractivity contribution < 1.29 is 99.8 Å². The SMILES string of the molecule is CCCCCOc1ccc(-c2ccc(C[C@H](CC(=O)[C@H](CC(=O)OC(C)(C)C)NC(=O)[C@H](COC(C)(C)C)CC(=O)[C@@H](NC(=O)[C@@](C)(CC(=O)[C@@H](NC(=O)CCC(=O)[C@@H](N)CCC(N)=O)[C@@H](C)OC(C)(C)C)Cc3ccccc3F)[C@@H](C)OC(C)(C)C)C(=O)N[C@@H](CCCc3cc(C)cc(C)c3)C(=O)CC(c3ccc(OCC(N)=O)cc3)c3ccc(OC)cc3OC)cc2)c(CC)c1. The van der Waals surface area contributed by atoms with Crippen LogP contribution in [0.5, 0.6) is 23.0 Å². The lowest BCUT2D eigenvalue weighted by Gasteiger charge is -2.36. The first-order valence-corrected chi connectivity index (χ1v) is 46.3. The molecule has 0 saturated carbocycles. The van der Waals surface area contributed by atoms with Crippen LogP contribution in [0.3, 0.4) is 0 Å². The van der Waals surface area contributed by atoms with Gasteiger partial charge in [0.25, 0.3) is 5.91 Å². The predicted molar refractivity (Wildman–Crippen MR) is 510 cm³/mol. The Morgan fingerprint density at radius 1 is 0.504 bits per heavy atom. The number of carbonyl (C=O) groups is 12. The van der Waals surface area contributed by atoms with Gasteiger partial charge in [-0.25, -0.2) is 4.39 Å². The molecule has 0 heterocycles. The average molecular weight is 1850 g/mol. The number of benzene rings is 6. The molecular formula is C105H146FN7O20. The number of methoxy groups -OCH3 is 2. The molecule has 27 nitrogen and oxygen atoms in total. The number of primary amides is 2. The fourth-order valence-electron chi connectivity index (χ4n) is 16.1. The lowest BCUT2D eigenvalue weighted by molar-refractivity contribution is -0.157. The molecule has 6 aromatic rings. The summed E-state index contributed by atoms with van der Waals surface area (Å²) >= 11 is 0. The van der Waals surface area contributed by atoms with Gasteiger partial charge in [0, 0.05) is 68.4 Å². The summed E-state index contributed by atoms with van der Waals surface area (Å²) < 4.78 is 64.4. The van der Waals surface area contributed by atoms with Crippen molar-refractivity contribution in [1.82, 2.24) is 21.3 Å². The minimum absolute atomic E-state index is 0.00239. The van der Waals surface area contributed by atoms with Crippen molar-refractivity contribution in [3.05, 3.63) is 178 Å². The molecule has 0 aliphatic rings. The van der Waals surface area contributed by atoms with Crippen LogP contribution in [0.2, 0.25) is 0 Å². The highest BCUT2D eigenvalue weighted by molar-refractivity contribution is 6.00. The molecule has 10 N–H and O–H groups in total. The van der Waals surface area contributed by atoms with Crippen LogP contribution in [0, 0.1) is 36.9 Å². The predicted octanol–water partition coefficient (Wildman–Crippen LogP) is 14.7. The molecule has 0 radical (unpaired) electrons. The number of carbonyl (C=O) groups excluding carboxylic acids is 12. The molecule has 6 rings (SSSR count). The third-order valence-corrected chi connectivity index (χ3v) is 22.6. The van der Waals surface area contributed by atoms with Crippen LogP contribution in [0.1, 0.15) is 258 Å². The van der Waals surface area contributed by atoms with Gasteiger partial charge >= 0.3 is 5.97 Å². The number of unbranched alkanes of at least 4 members (excludes halogenated alkanes) is 2. The van der Waals surface area contributed by atoms with Gasteiger partial charge in [-0.1, -0.05) is 130 Å². The maximum atomic E-state index is 16.1. The monoisotopic (exact) mass is 1840 g/mol. The Bertz CT molecular complexity index is 4910. The number of halogens is 1. The van der Waals surface area contributed by atoms with Gasteiger partial charge in [-0.2, -0.15) is 0 Å². The Kier molecular flexibility index (Phi) is 42.8. The number of hydrogen-bond donors (Lipinski definition) is 7. The van der Waals surface area contributed by atoms with Crippen molar-refractivity contribution in [2.24, 2.45) is 34.5 Å². The molecule has 133 heavy (non-hydrogen) atoms. The smallest absolute Gasteiger partial charge is 0.308 e. The van der Waals surface area contributed by atoms with E-state index in [1.165, 1.54) is 46.3 Å². The van der Waals surface area contributed by atoms with Crippen molar-refractivity contribution in [2.75, 3.05) is 34.0 Å². The zero-order chi connectivity index (χ0) is 99.0. The number of rotatable bonds is 56. The van der Waals surface area contributed by atoms with E-state index >= 15 is 38.0 Å². The summed E-state index contributed by atoms with van der Waals surface area (Å²) in [5.41, 5.74) is 18.5. The summed E-state index contributed by atoms with van der Waals surface area (Å²) in [5.74, 6) is -11.3. The molecule has 0 saturated heterocycles. The Balaban J connectivity index is 1.48. The Morgan fingerprint density at radius 3 is 1.68 bits per heavy atom. The number of ketones is 5. The van der Waals surface area contributed by atoms with E-state index in [1.807, 2.05) is 56.3 Å². The zero-order valence-electron chi connectivity index (χ0n) is 82.0. The second-order valence-electron chi connectivity index (χ2n) is 39.2. The quantitative estimate of drug-likeness (QED) is 0.0138. The van der Waals surface area contributed by atoms with Crippen molar-refractivity contribution in [1.29, 1.82) is 0 Å². The summed E-state index contributed by atoms with van der Waals surface area (Å²) in [6.07, 6.45) is -2.30. The second-order valence-corrected chi connectivity index (χ2v) is 39.2. The maximum absolute atomic E-state index is 16.1. The summed E-state index contributed by atoms with van der Waals surface area (Å²) in [5, 5.41) is 11.5. The summed E-state index contributed by atoms with van der Waals surface area (Å²) in [7, 11) is 3.01. The number of nitrogens with one attached hydrogen (secondary N) is 4. The molecule has 6 aromatic carbocycles. The Morgan fingerprint density at radius 2 is 1.10 bits per heavy atom. The van der Waals surface area contributed by atoms with E-state index in [2.05, 4.69) is 53.3 Å². The van der Waals surface area contributed by atoms with Crippen LogP contribution in [0.15, 0.2) is 127 Å². The van der Waals surface area contributed by atoms with Crippen molar-refractivity contribution in [3.63, 3.8) is 0 Å². The molecule has 728 valence electrons. The molecule has 6 amide bonds. The Labute approximate surface area is 785 Å². The van der Waals surface area contributed by atoms with Crippen LogP contribution in [-0.2, 0) is 102 Å². The molecule has 1 unspecified atom stereocenters. The molecule has 0 fully saturated rings. The number of amides is 6. The average Bonchev–Trinajstić information content (AvgIpc) is 0.803. The van der Waals surface area contributed by atoms with Gasteiger partial charge < -0.3 is 76.4 Å². The van der Waals surface area contributed by atoms with Gasteiger partial charge in [0.2, 0.25) is 29.5 Å². The van der Waals surface area contributed by atoms with Crippen molar-refractivity contribution >= 4 is 70.3 Å². The van der Waals surface area contributed by atoms with Gasteiger partial charge in [0.1, 0.15) is 52.3 Å². The number of nitrogens with two attached hydrogens (primary N) is 3. The number of ether oxygens (including phenoxy) is 8. The number of hydrogen-bond acceptors (Lipinski definition) is 21. The maximum Gasteiger partial charge on any atom is 0.308 e. The van der Waals surface area contributed by atoms with Gasteiger partial charge in [-0.15, -0.1) is 0 Å². The van der Waals surface area contributed by atoms with Crippen LogP contribution >= 0.6 is 0 Å². The van der Waals surface area contributed by atoms with Gasteiger partial charge in [-0.3, -0.25) is 57.5 Å². The minimum Gasteiger partial charge on any atom is -0.497 e. The van der Waals surface area contributed by atoms with E-state index in [9.17, 15) is 24.0 Å². The highest BCUT2D eigenvalue weighted by Crippen LogP contribution is 2.40. The van der Waals surface area contributed by atoms with E-state index in [0.717, 1.165) is 58.4 Å². The molecule has 0 aliphatic heterocycles. The normalized spacial score (nSPS) is 14.6. The van der Waals surface area contributed by atoms with E-state index in [4.69, 9.17) is 55.1 Å². The highest BCUT2D eigenvalue weighted by Gasteiger charge is 2.45. The number of Topliss-reactive ketones (excluding diaryl/α,β-unsaturated/α-hetero) is 5. The first kappa shape index (κ1) is 111. The largest absolute Gasteiger partial charge is 0.497 e. The Hall–Kier alpha value is -11.1. The molecule has 0 aliphatic carbocycles. The summed E-state index contributed by atoms with van der Waals surface area (Å²) in [6.45, 7) is 32.7. The van der Waals surface area contributed by atoms with Crippen molar-refractivity contribution in [2.45, 2.75) is 318 Å². The second kappa shape index (κ2) is 51.4. The van der Waals surface area contributed by atoms with Gasteiger partial charge in [0.05, 0.1) is 92.3 Å². The summed E-state index contributed by atoms with van der Waals surface area (Å²) in [4.78, 5) is 175. The van der Waals surface area contributed by atoms with E-state index in [0.29, 0.717) is 59.8 Å². The topological polar surface area (TPSA) is 405 Å². The van der Waals surface area contributed by atoms with E-state index < -0.39 is 203 Å². The molecule has 0 aromatic heterocycles. The molecular weight excluding hydrogens is 1700 g/mol. The van der Waals surface area contributed by atoms with E-state index in [1.54, 1.807) is 139 Å². The van der Waals surface area contributed by atoms with Gasteiger partial charge in [0.15, 0.2) is 29.7 Å².